The smallest absolute Gasteiger partial charge is 0.276 e. The summed E-state index contributed by atoms with van der Waals surface area (Å²) in [6.45, 7) is 1.28. The van der Waals surface area contributed by atoms with E-state index in [1.165, 1.54) is 0 Å². The molecule has 100 valence electrons. The lowest BCUT2D eigenvalue weighted by atomic mass is 10.2. The molecule has 0 bridgehead atoms. The van der Waals surface area contributed by atoms with Gasteiger partial charge in [0, 0.05) is 33.2 Å². The van der Waals surface area contributed by atoms with E-state index in [9.17, 15) is 4.79 Å². The lowest BCUT2D eigenvalue weighted by Crippen LogP contribution is -2.29. The van der Waals surface area contributed by atoms with Crippen LogP contribution in [0.2, 0.25) is 0 Å². The fraction of sp³-hybridized carbons (Fsp3) is 0.667. The molecule has 0 radical (unpaired) electrons. The predicted octanol–water partition coefficient (Wildman–Crippen LogP) is 0.978. The molecule has 2 rings (SSSR count). The second-order valence-corrected chi connectivity index (χ2v) is 4.75. The molecule has 0 atom stereocenters. The molecular formula is C12H20N4O2. The van der Waals surface area contributed by atoms with Gasteiger partial charge in [0.05, 0.1) is 11.4 Å². The van der Waals surface area contributed by atoms with Crippen molar-refractivity contribution in [2.24, 2.45) is 0 Å². The van der Waals surface area contributed by atoms with Gasteiger partial charge < -0.3 is 15.4 Å². The summed E-state index contributed by atoms with van der Waals surface area (Å²) in [6.07, 6.45) is 3.06. The summed E-state index contributed by atoms with van der Waals surface area (Å²) in [5.74, 6) is 0.338. The van der Waals surface area contributed by atoms with Crippen molar-refractivity contribution in [3.63, 3.8) is 0 Å². The molecule has 0 aromatic carbocycles. The highest BCUT2D eigenvalue weighted by atomic mass is 16.5. The number of nitrogens with two attached hydrogens (primary N) is 1. The lowest BCUT2D eigenvalue weighted by molar-refractivity contribution is 0.0774. The van der Waals surface area contributed by atoms with Gasteiger partial charge in [0.15, 0.2) is 5.69 Å². The number of anilines is 1. The summed E-state index contributed by atoms with van der Waals surface area (Å²) in [5, 5.41) is 6.95. The number of methoxy groups -OCH3 is 1. The van der Waals surface area contributed by atoms with Crippen LogP contribution in [0.5, 0.6) is 0 Å². The molecule has 0 aliphatic heterocycles. The summed E-state index contributed by atoms with van der Waals surface area (Å²) in [4.78, 5) is 13.8. The number of nitrogens with one attached hydrogen (secondary N) is 1. The number of nitrogen functional groups attached to an aromatic ring is 1. The quantitative estimate of drug-likeness (QED) is 0.739. The minimum Gasteiger partial charge on any atom is -0.395 e. The van der Waals surface area contributed by atoms with Gasteiger partial charge in [0.25, 0.3) is 5.91 Å². The Labute approximate surface area is 106 Å². The normalized spacial score (nSPS) is 14.8. The molecule has 1 fully saturated rings. The van der Waals surface area contributed by atoms with E-state index in [0.29, 0.717) is 30.5 Å². The number of hydrogen-bond acceptors (Lipinski definition) is 4. The van der Waals surface area contributed by atoms with Crippen LogP contribution in [0, 0.1) is 0 Å². The number of amides is 1. The highest BCUT2D eigenvalue weighted by Crippen LogP contribution is 2.42. The number of aromatic nitrogens is 2. The number of hydrogen-bond donors (Lipinski definition) is 2. The molecule has 1 aliphatic rings. The Kier molecular flexibility index (Phi) is 3.86. The number of aromatic amines is 1. The van der Waals surface area contributed by atoms with Crippen LogP contribution >= 0.6 is 0 Å². The SMILES string of the molecule is COCCCN(C)C(=O)c1n[nH]c(C2CC2)c1N. The molecule has 1 heterocycles. The van der Waals surface area contributed by atoms with Crippen molar-refractivity contribution >= 4 is 11.6 Å². The Balaban J connectivity index is 1.99. The minimum absolute atomic E-state index is 0.133. The lowest BCUT2D eigenvalue weighted by Gasteiger charge is -2.15. The molecule has 18 heavy (non-hydrogen) atoms. The van der Waals surface area contributed by atoms with Gasteiger partial charge in [-0.2, -0.15) is 5.10 Å². The number of H-pyrrole nitrogens is 1. The van der Waals surface area contributed by atoms with E-state index in [1.54, 1.807) is 19.1 Å². The molecule has 6 nitrogen and oxygen atoms in total. The Morgan fingerprint density at radius 3 is 2.94 bits per heavy atom. The maximum atomic E-state index is 12.1. The second kappa shape index (κ2) is 5.39. The molecule has 0 spiro atoms. The molecule has 1 aromatic heterocycles. The highest BCUT2D eigenvalue weighted by molar-refractivity contribution is 5.97. The first-order chi connectivity index (χ1) is 8.65. The average molecular weight is 252 g/mol. The van der Waals surface area contributed by atoms with Crippen LogP contribution in [-0.2, 0) is 4.74 Å². The standard InChI is InChI=1S/C12H20N4O2/c1-16(6-3-7-18-2)12(17)11-9(13)10(14-15-11)8-4-5-8/h8H,3-7,13H2,1-2H3,(H,14,15). The molecule has 1 saturated carbocycles. The molecule has 6 heteroatoms. The van der Waals surface area contributed by atoms with Gasteiger partial charge in [0.1, 0.15) is 0 Å². The Bertz CT molecular complexity index is 426. The van der Waals surface area contributed by atoms with E-state index in [-0.39, 0.29) is 5.91 Å². The molecule has 1 amide bonds. The van der Waals surface area contributed by atoms with E-state index in [4.69, 9.17) is 10.5 Å². The minimum atomic E-state index is -0.133. The zero-order valence-corrected chi connectivity index (χ0v) is 10.9. The van der Waals surface area contributed by atoms with E-state index in [2.05, 4.69) is 10.2 Å². The first kappa shape index (κ1) is 12.9. The largest absolute Gasteiger partial charge is 0.395 e. The topological polar surface area (TPSA) is 84.2 Å². The van der Waals surface area contributed by atoms with Crippen molar-refractivity contribution in [1.82, 2.24) is 15.1 Å². The molecular weight excluding hydrogens is 232 g/mol. The van der Waals surface area contributed by atoms with Crippen LogP contribution in [0.4, 0.5) is 5.69 Å². The Morgan fingerprint density at radius 2 is 2.33 bits per heavy atom. The molecule has 0 saturated heterocycles. The number of nitrogens with zero attached hydrogens (tertiary/aromatic N) is 2. The van der Waals surface area contributed by atoms with Crippen LogP contribution in [0.3, 0.4) is 0 Å². The van der Waals surface area contributed by atoms with Crippen LogP contribution in [0.1, 0.15) is 41.4 Å². The van der Waals surface area contributed by atoms with Gasteiger partial charge in [-0.25, -0.2) is 0 Å². The molecule has 0 unspecified atom stereocenters. The summed E-state index contributed by atoms with van der Waals surface area (Å²) in [7, 11) is 3.40. The Morgan fingerprint density at radius 1 is 1.61 bits per heavy atom. The fourth-order valence-corrected chi connectivity index (χ4v) is 1.94. The zero-order chi connectivity index (χ0) is 13.1. The number of carbonyl (C=O) groups is 1. The van der Waals surface area contributed by atoms with Crippen molar-refractivity contribution in [3.05, 3.63) is 11.4 Å². The molecule has 3 N–H and O–H groups in total. The predicted molar refractivity (Wildman–Crippen MR) is 68.4 cm³/mol. The van der Waals surface area contributed by atoms with Crippen LogP contribution in [-0.4, -0.2) is 48.3 Å². The van der Waals surface area contributed by atoms with Crippen molar-refractivity contribution in [2.75, 3.05) is 33.0 Å². The second-order valence-electron chi connectivity index (χ2n) is 4.75. The third-order valence-corrected chi connectivity index (χ3v) is 3.21. The van der Waals surface area contributed by atoms with Crippen molar-refractivity contribution in [2.45, 2.75) is 25.2 Å². The third kappa shape index (κ3) is 2.64. The maximum absolute atomic E-state index is 12.1. The van der Waals surface area contributed by atoms with Crippen molar-refractivity contribution in [1.29, 1.82) is 0 Å². The monoisotopic (exact) mass is 252 g/mol. The summed E-state index contributed by atoms with van der Waals surface area (Å²) in [6, 6.07) is 0. The van der Waals surface area contributed by atoms with Gasteiger partial charge in [-0.15, -0.1) is 0 Å². The fourth-order valence-electron chi connectivity index (χ4n) is 1.94. The maximum Gasteiger partial charge on any atom is 0.276 e. The highest BCUT2D eigenvalue weighted by Gasteiger charge is 2.30. The molecule has 1 aliphatic carbocycles. The number of rotatable bonds is 6. The van der Waals surface area contributed by atoms with Crippen molar-refractivity contribution < 1.29 is 9.53 Å². The first-order valence-electron chi connectivity index (χ1n) is 6.23. The van der Waals surface area contributed by atoms with E-state index in [1.807, 2.05) is 0 Å². The average Bonchev–Trinajstić information content (AvgIpc) is 3.12. The van der Waals surface area contributed by atoms with Gasteiger partial charge in [-0.3, -0.25) is 9.89 Å². The van der Waals surface area contributed by atoms with Crippen molar-refractivity contribution in [3.8, 4) is 0 Å². The van der Waals surface area contributed by atoms with E-state index >= 15 is 0 Å². The summed E-state index contributed by atoms with van der Waals surface area (Å²) >= 11 is 0. The summed E-state index contributed by atoms with van der Waals surface area (Å²) < 4.78 is 4.96. The molecule has 1 aromatic rings. The Hall–Kier alpha value is -1.56. The van der Waals surface area contributed by atoms with Gasteiger partial charge >= 0.3 is 0 Å². The van der Waals surface area contributed by atoms with Crippen LogP contribution in [0.25, 0.3) is 0 Å². The van der Waals surface area contributed by atoms with Crippen LogP contribution in [0.15, 0.2) is 0 Å². The number of carbonyl (C=O) groups excluding carboxylic acids is 1. The van der Waals surface area contributed by atoms with Gasteiger partial charge in [-0.05, 0) is 19.3 Å². The van der Waals surface area contributed by atoms with Gasteiger partial charge in [0.2, 0.25) is 0 Å². The third-order valence-electron chi connectivity index (χ3n) is 3.21. The van der Waals surface area contributed by atoms with Crippen LogP contribution < -0.4 is 5.73 Å². The van der Waals surface area contributed by atoms with Gasteiger partial charge in [-0.1, -0.05) is 0 Å². The zero-order valence-electron chi connectivity index (χ0n) is 10.9. The first-order valence-corrected chi connectivity index (χ1v) is 6.23. The number of ether oxygens (including phenoxy) is 1. The van der Waals surface area contributed by atoms with E-state index < -0.39 is 0 Å². The van der Waals surface area contributed by atoms with E-state index in [0.717, 1.165) is 25.0 Å². The summed E-state index contributed by atoms with van der Waals surface area (Å²) in [5.41, 5.74) is 7.75.